The molecule has 0 unspecified atom stereocenters. The van der Waals surface area contributed by atoms with Gasteiger partial charge in [-0.25, -0.2) is 4.98 Å². The normalized spacial score (nSPS) is 10.5. The van der Waals surface area contributed by atoms with Crippen molar-refractivity contribution in [2.24, 2.45) is 0 Å². The van der Waals surface area contributed by atoms with Crippen LogP contribution in [0.4, 0.5) is 10.8 Å². The second-order valence-electron chi connectivity index (χ2n) is 6.01. The predicted molar refractivity (Wildman–Crippen MR) is 104 cm³/mol. The van der Waals surface area contributed by atoms with Crippen molar-refractivity contribution in [2.75, 3.05) is 17.2 Å². The summed E-state index contributed by atoms with van der Waals surface area (Å²) in [4.78, 5) is 17.5. The van der Waals surface area contributed by atoms with Gasteiger partial charge in [-0.15, -0.1) is 11.3 Å². The molecule has 5 heteroatoms. The average Bonchev–Trinajstić information content (AvgIpc) is 3.03. The Balaban J connectivity index is 1.53. The third-order valence-corrected chi connectivity index (χ3v) is 4.80. The van der Waals surface area contributed by atoms with Crippen molar-refractivity contribution in [2.45, 2.75) is 20.3 Å². The zero-order valence-electron chi connectivity index (χ0n) is 14.4. The van der Waals surface area contributed by atoms with Gasteiger partial charge in [-0.3, -0.25) is 4.79 Å². The van der Waals surface area contributed by atoms with Gasteiger partial charge in [-0.1, -0.05) is 48.0 Å². The Labute approximate surface area is 151 Å². The van der Waals surface area contributed by atoms with Crippen molar-refractivity contribution < 1.29 is 4.79 Å². The summed E-state index contributed by atoms with van der Waals surface area (Å²) in [5.74, 6) is -0.0977. The van der Waals surface area contributed by atoms with Gasteiger partial charge in [0.2, 0.25) is 5.91 Å². The number of aryl methyl sites for hydroxylation is 2. The van der Waals surface area contributed by atoms with E-state index in [1.54, 1.807) is 0 Å². The van der Waals surface area contributed by atoms with Crippen LogP contribution in [-0.4, -0.2) is 17.4 Å². The van der Waals surface area contributed by atoms with E-state index in [1.165, 1.54) is 22.5 Å². The minimum atomic E-state index is -0.0977. The van der Waals surface area contributed by atoms with E-state index < -0.39 is 0 Å². The van der Waals surface area contributed by atoms with Crippen LogP contribution in [0.25, 0.3) is 0 Å². The number of carbonyl (C=O) groups excluding carboxylic acids is 1. The third kappa shape index (κ3) is 4.90. The Morgan fingerprint density at radius 3 is 2.60 bits per heavy atom. The van der Waals surface area contributed by atoms with Gasteiger partial charge in [0, 0.05) is 23.2 Å². The Morgan fingerprint density at radius 2 is 1.84 bits per heavy atom. The molecule has 0 atom stereocenters. The summed E-state index contributed by atoms with van der Waals surface area (Å²) in [6, 6.07) is 16.4. The number of hydrogen-bond acceptors (Lipinski definition) is 4. The number of hydrogen-bond donors (Lipinski definition) is 2. The summed E-state index contributed by atoms with van der Waals surface area (Å²) >= 11 is 1.51. The molecule has 1 heterocycles. The second-order valence-corrected chi connectivity index (χ2v) is 7.13. The Kier molecular flexibility index (Phi) is 5.46. The number of thiazole rings is 1. The number of nitrogens with one attached hydrogen (secondary N) is 2. The Morgan fingerprint density at radius 1 is 1.08 bits per heavy atom. The van der Waals surface area contributed by atoms with Gasteiger partial charge in [-0.2, -0.15) is 0 Å². The summed E-state index contributed by atoms with van der Waals surface area (Å²) in [6.07, 6.45) is 2.66. The maximum Gasteiger partial charge on any atom is 0.245 e. The molecule has 0 radical (unpaired) electrons. The Hall–Kier alpha value is -2.66. The fraction of sp³-hybridized carbons (Fsp3) is 0.200. The van der Waals surface area contributed by atoms with Crippen LogP contribution < -0.4 is 10.6 Å². The van der Waals surface area contributed by atoms with Crippen LogP contribution in [0.15, 0.2) is 54.7 Å². The highest BCUT2D eigenvalue weighted by Gasteiger charge is 2.08. The molecule has 0 bridgehead atoms. The molecule has 0 aliphatic rings. The molecule has 0 aliphatic carbocycles. The maximum atomic E-state index is 12.1. The largest absolute Gasteiger partial charge is 0.376 e. The molecule has 4 nitrogen and oxygen atoms in total. The van der Waals surface area contributed by atoms with Gasteiger partial charge in [0.05, 0.1) is 6.54 Å². The first-order valence-electron chi connectivity index (χ1n) is 8.20. The van der Waals surface area contributed by atoms with E-state index in [2.05, 4.69) is 46.8 Å². The van der Waals surface area contributed by atoms with Crippen LogP contribution >= 0.6 is 11.3 Å². The van der Waals surface area contributed by atoms with E-state index in [1.807, 2.05) is 37.4 Å². The highest BCUT2D eigenvalue weighted by atomic mass is 32.1. The zero-order valence-corrected chi connectivity index (χ0v) is 15.2. The van der Waals surface area contributed by atoms with E-state index in [9.17, 15) is 4.79 Å². The molecule has 128 valence electrons. The fourth-order valence-electron chi connectivity index (χ4n) is 2.46. The molecule has 0 spiro atoms. The second kappa shape index (κ2) is 7.94. The first-order chi connectivity index (χ1) is 12.1. The summed E-state index contributed by atoms with van der Waals surface area (Å²) < 4.78 is 0. The molecular weight excluding hydrogens is 330 g/mol. The van der Waals surface area contributed by atoms with E-state index in [0.29, 0.717) is 5.13 Å². The van der Waals surface area contributed by atoms with Gasteiger partial charge >= 0.3 is 0 Å². The van der Waals surface area contributed by atoms with E-state index >= 15 is 0 Å². The summed E-state index contributed by atoms with van der Waals surface area (Å²) in [5, 5.41) is 6.64. The number of anilines is 2. The zero-order chi connectivity index (χ0) is 17.6. The summed E-state index contributed by atoms with van der Waals surface area (Å²) in [5.41, 5.74) is 4.58. The molecule has 25 heavy (non-hydrogen) atoms. The first-order valence-corrected chi connectivity index (χ1v) is 9.01. The fourth-order valence-corrected chi connectivity index (χ4v) is 3.33. The number of nitrogens with zero attached hydrogens (tertiary/aromatic N) is 1. The van der Waals surface area contributed by atoms with E-state index in [4.69, 9.17) is 0 Å². The highest BCUT2D eigenvalue weighted by Crippen LogP contribution is 2.21. The van der Waals surface area contributed by atoms with Crippen LogP contribution in [0, 0.1) is 13.8 Å². The molecule has 1 aromatic heterocycles. The number of carbonyl (C=O) groups is 1. The standard InChI is InChI=1S/C20H21N3OS/c1-14-7-9-16(10-8-14)11-17-12-22-20(25-17)23-19(24)13-21-18-6-4-3-5-15(18)2/h3-10,12,21H,11,13H2,1-2H3,(H,22,23,24). The number of rotatable bonds is 6. The summed E-state index contributed by atoms with van der Waals surface area (Å²) in [6.45, 7) is 4.31. The van der Waals surface area contributed by atoms with Crippen LogP contribution in [0.1, 0.15) is 21.6 Å². The number of aromatic nitrogens is 1. The van der Waals surface area contributed by atoms with Gasteiger partial charge < -0.3 is 10.6 Å². The molecule has 0 fully saturated rings. The van der Waals surface area contributed by atoms with Gasteiger partial charge in [0.15, 0.2) is 5.13 Å². The lowest BCUT2D eigenvalue weighted by Gasteiger charge is -2.08. The third-order valence-electron chi connectivity index (χ3n) is 3.88. The molecule has 3 aromatic rings. The molecule has 2 N–H and O–H groups in total. The van der Waals surface area contributed by atoms with Crippen molar-refractivity contribution >= 4 is 28.1 Å². The smallest absolute Gasteiger partial charge is 0.245 e. The van der Waals surface area contributed by atoms with Crippen molar-refractivity contribution in [1.29, 1.82) is 0 Å². The molecular formula is C20H21N3OS. The molecule has 2 aromatic carbocycles. The lowest BCUT2D eigenvalue weighted by molar-refractivity contribution is -0.114. The van der Waals surface area contributed by atoms with Gasteiger partial charge in [-0.05, 0) is 31.0 Å². The lowest BCUT2D eigenvalue weighted by Crippen LogP contribution is -2.21. The van der Waals surface area contributed by atoms with Gasteiger partial charge in [0.25, 0.3) is 0 Å². The van der Waals surface area contributed by atoms with E-state index in [0.717, 1.165) is 22.5 Å². The highest BCUT2D eigenvalue weighted by molar-refractivity contribution is 7.15. The number of para-hydroxylation sites is 1. The van der Waals surface area contributed by atoms with E-state index in [-0.39, 0.29) is 12.5 Å². The monoisotopic (exact) mass is 351 g/mol. The van der Waals surface area contributed by atoms with Crippen molar-refractivity contribution in [3.63, 3.8) is 0 Å². The molecule has 0 saturated heterocycles. The molecule has 0 saturated carbocycles. The molecule has 1 amide bonds. The van der Waals surface area contributed by atoms with Gasteiger partial charge in [0.1, 0.15) is 0 Å². The molecule has 3 rings (SSSR count). The minimum absolute atomic E-state index is 0.0977. The predicted octanol–water partition coefficient (Wildman–Crippen LogP) is 4.40. The average molecular weight is 351 g/mol. The summed E-state index contributed by atoms with van der Waals surface area (Å²) in [7, 11) is 0. The SMILES string of the molecule is Cc1ccc(Cc2cnc(NC(=O)CNc3ccccc3C)s2)cc1. The van der Waals surface area contributed by atoms with Crippen LogP contribution in [0.2, 0.25) is 0 Å². The Bertz CT molecular complexity index is 855. The lowest BCUT2D eigenvalue weighted by atomic mass is 10.1. The van der Waals surface area contributed by atoms with Crippen molar-refractivity contribution in [3.8, 4) is 0 Å². The van der Waals surface area contributed by atoms with Crippen LogP contribution in [0.5, 0.6) is 0 Å². The topological polar surface area (TPSA) is 54.0 Å². The van der Waals surface area contributed by atoms with Crippen molar-refractivity contribution in [3.05, 3.63) is 76.3 Å². The number of amides is 1. The van der Waals surface area contributed by atoms with Crippen LogP contribution in [-0.2, 0) is 11.2 Å². The minimum Gasteiger partial charge on any atom is -0.376 e. The maximum absolute atomic E-state index is 12.1. The van der Waals surface area contributed by atoms with Crippen molar-refractivity contribution in [1.82, 2.24) is 4.98 Å². The quantitative estimate of drug-likeness (QED) is 0.692. The first kappa shape index (κ1) is 17.2. The molecule has 0 aliphatic heterocycles. The van der Waals surface area contributed by atoms with Crippen LogP contribution in [0.3, 0.4) is 0 Å². The number of benzene rings is 2.